The minimum absolute atomic E-state index is 0.0589. The van der Waals surface area contributed by atoms with Crippen LogP contribution in [0.4, 0.5) is 0 Å². The number of carbonyl (C=O) groups is 1. The summed E-state index contributed by atoms with van der Waals surface area (Å²) in [6.45, 7) is 0. The maximum absolute atomic E-state index is 13.0. The topological polar surface area (TPSA) is 90.1 Å². The Morgan fingerprint density at radius 3 is 2.38 bits per heavy atom. The van der Waals surface area contributed by atoms with Crippen molar-refractivity contribution in [2.75, 3.05) is 0 Å². The van der Waals surface area contributed by atoms with Crippen LogP contribution in [-0.2, 0) is 19.6 Å². The lowest BCUT2D eigenvalue weighted by atomic mass is 10.3. The number of aliphatic imine (C=N–C) groups is 1. The van der Waals surface area contributed by atoms with Gasteiger partial charge in [-0.25, -0.2) is 9.79 Å². The van der Waals surface area contributed by atoms with E-state index in [4.69, 9.17) is 16.3 Å². The van der Waals surface area contributed by atoms with Crippen molar-refractivity contribution in [1.82, 2.24) is 4.57 Å². The number of esters is 1. The Balaban J connectivity index is 1.67. The molecular formula is C23H14ClN3O4S3. The molecule has 1 aliphatic rings. The summed E-state index contributed by atoms with van der Waals surface area (Å²) in [5.74, 6) is -0.402. The van der Waals surface area contributed by atoms with E-state index in [0.717, 1.165) is 16.2 Å². The Hall–Kier alpha value is -3.31. The molecule has 0 amide bonds. The number of thiazole rings is 1. The van der Waals surface area contributed by atoms with Gasteiger partial charge in [-0.05, 0) is 41.8 Å². The minimum atomic E-state index is -4.01. The zero-order valence-electron chi connectivity index (χ0n) is 17.2. The number of halogens is 1. The third-order valence-corrected chi connectivity index (χ3v) is 8.39. The summed E-state index contributed by atoms with van der Waals surface area (Å²) in [6.07, 6.45) is 1.48. The van der Waals surface area contributed by atoms with Gasteiger partial charge in [-0.3, -0.25) is 4.57 Å². The van der Waals surface area contributed by atoms with Crippen LogP contribution in [-0.4, -0.2) is 24.9 Å². The number of rotatable bonds is 5. The Labute approximate surface area is 207 Å². The van der Waals surface area contributed by atoms with Gasteiger partial charge >= 0.3 is 5.97 Å². The van der Waals surface area contributed by atoms with Crippen molar-refractivity contribution in [3.63, 3.8) is 0 Å². The molecule has 0 saturated carbocycles. The summed E-state index contributed by atoms with van der Waals surface area (Å²) >= 11 is 9.10. The van der Waals surface area contributed by atoms with E-state index in [1.807, 2.05) is 17.5 Å². The van der Waals surface area contributed by atoms with Crippen LogP contribution in [0.15, 0.2) is 98.2 Å². The average Bonchev–Trinajstić information content (AvgIpc) is 3.56. The summed E-state index contributed by atoms with van der Waals surface area (Å²) in [5, 5.41) is 2.05. The van der Waals surface area contributed by atoms with Gasteiger partial charge in [0.1, 0.15) is 5.15 Å². The Morgan fingerprint density at radius 2 is 1.71 bits per heavy atom. The number of ether oxygens (including phenoxy) is 1. The highest BCUT2D eigenvalue weighted by molar-refractivity contribution is 7.90. The van der Waals surface area contributed by atoms with Gasteiger partial charge in [-0.1, -0.05) is 65.4 Å². The number of sulfonamides is 1. The number of aromatic nitrogens is 1. The molecule has 0 radical (unpaired) electrons. The maximum atomic E-state index is 13.0. The fourth-order valence-electron chi connectivity index (χ4n) is 3.12. The largest absolute Gasteiger partial charge is 0.401 e. The molecule has 0 saturated heterocycles. The molecule has 2 aromatic carbocycles. The average molecular weight is 528 g/mol. The lowest BCUT2D eigenvalue weighted by Gasteiger charge is -2.05. The van der Waals surface area contributed by atoms with Gasteiger partial charge in [0.2, 0.25) is 10.7 Å². The molecule has 3 heterocycles. The van der Waals surface area contributed by atoms with Crippen LogP contribution in [0, 0.1) is 0 Å². The van der Waals surface area contributed by atoms with Gasteiger partial charge in [0.15, 0.2) is 5.70 Å². The number of hydrogen-bond donors (Lipinski definition) is 0. The van der Waals surface area contributed by atoms with E-state index in [1.54, 1.807) is 48.5 Å². The van der Waals surface area contributed by atoms with Crippen molar-refractivity contribution < 1.29 is 17.9 Å². The zero-order chi connectivity index (χ0) is 23.7. The van der Waals surface area contributed by atoms with Crippen molar-refractivity contribution in [3.05, 3.63) is 104 Å². The predicted octanol–water partition coefficient (Wildman–Crippen LogP) is 4.89. The Kier molecular flexibility index (Phi) is 6.05. The highest BCUT2D eigenvalue weighted by atomic mass is 35.5. The summed E-state index contributed by atoms with van der Waals surface area (Å²) in [7, 11) is -4.01. The van der Waals surface area contributed by atoms with Gasteiger partial charge < -0.3 is 4.74 Å². The van der Waals surface area contributed by atoms with Crippen LogP contribution in [0.25, 0.3) is 11.8 Å². The molecule has 170 valence electrons. The molecule has 34 heavy (non-hydrogen) atoms. The van der Waals surface area contributed by atoms with Crippen LogP contribution >= 0.6 is 34.3 Å². The van der Waals surface area contributed by atoms with Crippen LogP contribution in [0.3, 0.4) is 0 Å². The molecule has 2 aromatic heterocycles. The second-order valence-electron chi connectivity index (χ2n) is 6.90. The quantitative estimate of drug-likeness (QED) is 0.273. The first-order chi connectivity index (χ1) is 16.4. The first-order valence-corrected chi connectivity index (χ1v) is 13.3. The molecule has 0 fully saturated rings. The van der Waals surface area contributed by atoms with Crippen molar-refractivity contribution in [1.29, 1.82) is 0 Å². The maximum Gasteiger partial charge on any atom is 0.363 e. The molecule has 0 bridgehead atoms. The van der Waals surface area contributed by atoms with Gasteiger partial charge in [0, 0.05) is 5.69 Å². The Morgan fingerprint density at radius 1 is 1.00 bits per heavy atom. The van der Waals surface area contributed by atoms with E-state index >= 15 is 0 Å². The molecule has 11 heteroatoms. The van der Waals surface area contributed by atoms with Gasteiger partial charge in [0.25, 0.3) is 10.0 Å². The number of para-hydroxylation sites is 1. The van der Waals surface area contributed by atoms with Gasteiger partial charge in [0.05, 0.1) is 14.6 Å². The van der Waals surface area contributed by atoms with Crippen LogP contribution in [0.2, 0.25) is 5.15 Å². The molecule has 0 aliphatic carbocycles. The predicted molar refractivity (Wildman–Crippen MR) is 133 cm³/mol. The van der Waals surface area contributed by atoms with E-state index in [0.29, 0.717) is 10.6 Å². The van der Waals surface area contributed by atoms with Crippen LogP contribution in [0.1, 0.15) is 9.75 Å². The van der Waals surface area contributed by atoms with Crippen LogP contribution < -0.4 is 4.80 Å². The second kappa shape index (κ2) is 9.15. The summed E-state index contributed by atoms with van der Waals surface area (Å²) in [6, 6.07) is 20.5. The molecule has 1 aliphatic heterocycles. The first kappa shape index (κ1) is 22.5. The summed E-state index contributed by atoms with van der Waals surface area (Å²) < 4.78 is 36.8. The number of thiophene rings is 1. The third-order valence-electron chi connectivity index (χ3n) is 4.67. The van der Waals surface area contributed by atoms with E-state index < -0.39 is 16.0 Å². The summed E-state index contributed by atoms with van der Waals surface area (Å²) in [4.78, 5) is 18.0. The van der Waals surface area contributed by atoms with Crippen molar-refractivity contribution in [2.45, 2.75) is 4.90 Å². The van der Waals surface area contributed by atoms with E-state index in [1.165, 1.54) is 34.1 Å². The third kappa shape index (κ3) is 4.40. The number of nitrogens with zero attached hydrogens (tertiary/aromatic N) is 3. The van der Waals surface area contributed by atoms with Crippen LogP contribution in [0.5, 0.6) is 0 Å². The number of hydrogen-bond acceptors (Lipinski definition) is 7. The monoisotopic (exact) mass is 527 g/mol. The van der Waals surface area contributed by atoms with E-state index in [-0.39, 0.29) is 26.4 Å². The Bertz CT molecular complexity index is 1600. The van der Waals surface area contributed by atoms with Gasteiger partial charge in [-0.2, -0.15) is 8.42 Å². The SMILES string of the molecule is O=C1OC(c2cccs2)=N/C1=C/c1s/c(=N/S(=O)(=O)c2ccccc2)n(-c2ccccc2)c1Cl. The molecule has 4 aromatic rings. The first-order valence-electron chi connectivity index (χ1n) is 9.82. The second-order valence-corrected chi connectivity index (χ2v) is 10.8. The zero-order valence-corrected chi connectivity index (χ0v) is 20.4. The number of benzene rings is 2. The molecule has 0 atom stereocenters. The molecule has 0 spiro atoms. The lowest BCUT2D eigenvalue weighted by Crippen LogP contribution is -2.15. The molecule has 7 nitrogen and oxygen atoms in total. The van der Waals surface area contributed by atoms with Crippen molar-refractivity contribution >= 4 is 62.2 Å². The van der Waals surface area contributed by atoms with Crippen molar-refractivity contribution in [2.24, 2.45) is 9.39 Å². The molecular weight excluding hydrogens is 514 g/mol. The number of cyclic esters (lactones) is 1. The minimum Gasteiger partial charge on any atom is -0.401 e. The summed E-state index contributed by atoms with van der Waals surface area (Å²) in [5.41, 5.74) is 0.677. The van der Waals surface area contributed by atoms with E-state index in [9.17, 15) is 13.2 Å². The number of carbonyl (C=O) groups excluding carboxylic acids is 1. The molecule has 5 rings (SSSR count). The van der Waals surface area contributed by atoms with Gasteiger partial charge in [-0.15, -0.1) is 15.7 Å². The standard InChI is InChI=1S/C23H14ClN3O4S3/c24-20-19(14-17-22(28)31-21(25-17)18-12-7-13-32-18)33-23(27(20)15-8-3-1-4-9-15)26-34(29,30)16-10-5-2-6-11-16/h1-14H/b17-14+,26-23+. The highest BCUT2D eigenvalue weighted by Gasteiger charge is 2.26. The van der Waals surface area contributed by atoms with E-state index in [2.05, 4.69) is 9.39 Å². The molecule has 0 N–H and O–H groups in total. The van der Waals surface area contributed by atoms with Crippen molar-refractivity contribution in [3.8, 4) is 5.69 Å². The molecule has 0 unspecified atom stereocenters. The normalized spacial score (nSPS) is 15.6. The smallest absolute Gasteiger partial charge is 0.363 e. The fraction of sp³-hybridized carbons (Fsp3) is 0. The lowest BCUT2D eigenvalue weighted by molar-refractivity contribution is -0.129. The highest BCUT2D eigenvalue weighted by Crippen LogP contribution is 2.28. The fourth-order valence-corrected chi connectivity index (χ4v) is 6.33.